The van der Waals surface area contributed by atoms with Crippen molar-refractivity contribution in [1.82, 2.24) is 9.55 Å². The predicted molar refractivity (Wildman–Crippen MR) is 63.5 cm³/mol. The Morgan fingerprint density at radius 3 is 2.88 bits per heavy atom. The van der Waals surface area contributed by atoms with Gasteiger partial charge < -0.3 is 15.0 Å². The maximum absolute atomic E-state index is 5.78. The van der Waals surface area contributed by atoms with Gasteiger partial charge >= 0.3 is 0 Å². The van der Waals surface area contributed by atoms with E-state index >= 15 is 0 Å². The molecule has 0 aliphatic rings. The third-order valence-corrected chi connectivity index (χ3v) is 2.56. The number of anilines is 1. The zero-order chi connectivity index (χ0) is 11.5. The number of rotatable bonds is 3. The van der Waals surface area contributed by atoms with Crippen LogP contribution in [0.1, 0.15) is 11.3 Å². The highest BCUT2D eigenvalue weighted by Gasteiger charge is 2.04. The van der Waals surface area contributed by atoms with E-state index in [4.69, 9.17) is 10.5 Å². The van der Waals surface area contributed by atoms with E-state index < -0.39 is 0 Å². The molecule has 1 aromatic heterocycles. The first-order valence-corrected chi connectivity index (χ1v) is 5.11. The summed E-state index contributed by atoms with van der Waals surface area (Å²) in [5, 5.41) is 0. The minimum Gasteiger partial charge on any atom is -0.497 e. The van der Waals surface area contributed by atoms with Crippen molar-refractivity contribution >= 4 is 5.95 Å². The summed E-state index contributed by atoms with van der Waals surface area (Å²) in [6.45, 7) is 2.71. The maximum Gasteiger partial charge on any atom is 0.200 e. The Kier molecular flexibility index (Phi) is 2.81. The summed E-state index contributed by atoms with van der Waals surface area (Å²) in [5.74, 6) is 1.40. The molecule has 0 atom stereocenters. The molecule has 0 radical (unpaired) electrons. The average Bonchev–Trinajstić information content (AvgIpc) is 2.61. The van der Waals surface area contributed by atoms with Crippen LogP contribution in [0.5, 0.6) is 5.75 Å². The molecule has 2 aromatic rings. The molecule has 2 rings (SSSR count). The van der Waals surface area contributed by atoms with Crippen LogP contribution in [0.2, 0.25) is 0 Å². The normalized spacial score (nSPS) is 10.4. The van der Waals surface area contributed by atoms with Gasteiger partial charge in [-0.2, -0.15) is 0 Å². The molecule has 0 saturated heterocycles. The number of nitrogen functional groups attached to an aromatic ring is 1. The zero-order valence-electron chi connectivity index (χ0n) is 9.47. The van der Waals surface area contributed by atoms with E-state index in [9.17, 15) is 0 Å². The highest BCUT2D eigenvalue weighted by atomic mass is 16.5. The van der Waals surface area contributed by atoms with Crippen LogP contribution < -0.4 is 10.5 Å². The molecule has 0 bridgehead atoms. The number of benzene rings is 1. The van der Waals surface area contributed by atoms with Crippen molar-refractivity contribution in [2.45, 2.75) is 13.5 Å². The van der Waals surface area contributed by atoms with Gasteiger partial charge in [-0.25, -0.2) is 4.98 Å². The topological polar surface area (TPSA) is 53.1 Å². The molecule has 0 amide bonds. The van der Waals surface area contributed by atoms with Gasteiger partial charge in [0.2, 0.25) is 5.95 Å². The number of hydrogen-bond donors (Lipinski definition) is 1. The Hall–Kier alpha value is -1.97. The fraction of sp³-hybridized carbons (Fsp3) is 0.250. The van der Waals surface area contributed by atoms with Crippen molar-refractivity contribution in [3.63, 3.8) is 0 Å². The van der Waals surface area contributed by atoms with Gasteiger partial charge in [-0.05, 0) is 24.6 Å². The lowest BCUT2D eigenvalue weighted by atomic mass is 10.2. The summed E-state index contributed by atoms with van der Waals surface area (Å²) in [5.41, 5.74) is 7.98. The number of ether oxygens (including phenoxy) is 1. The summed E-state index contributed by atoms with van der Waals surface area (Å²) < 4.78 is 7.15. The van der Waals surface area contributed by atoms with E-state index in [0.717, 1.165) is 23.6 Å². The monoisotopic (exact) mass is 217 g/mol. The SMILES string of the molecule is COc1cccc(Cn2c(C)cnc2N)c1. The molecule has 0 saturated carbocycles. The Bertz CT molecular complexity index is 471. The fourth-order valence-corrected chi connectivity index (χ4v) is 1.64. The van der Waals surface area contributed by atoms with Crippen LogP contribution in [0, 0.1) is 6.92 Å². The molecular weight excluding hydrogens is 202 g/mol. The fourth-order valence-electron chi connectivity index (χ4n) is 1.64. The van der Waals surface area contributed by atoms with E-state index in [1.54, 1.807) is 13.3 Å². The molecule has 0 aliphatic carbocycles. The quantitative estimate of drug-likeness (QED) is 0.853. The van der Waals surface area contributed by atoms with E-state index in [1.165, 1.54) is 0 Å². The average molecular weight is 217 g/mol. The van der Waals surface area contributed by atoms with Crippen LogP contribution in [0.15, 0.2) is 30.5 Å². The highest BCUT2D eigenvalue weighted by Crippen LogP contribution is 2.16. The lowest BCUT2D eigenvalue weighted by molar-refractivity contribution is 0.414. The van der Waals surface area contributed by atoms with Crippen molar-refractivity contribution in [2.75, 3.05) is 12.8 Å². The standard InChI is InChI=1S/C12H15N3O/c1-9-7-14-12(13)15(9)8-10-4-3-5-11(6-10)16-2/h3-7H,8H2,1-2H3,(H2,13,14). The number of aromatic nitrogens is 2. The minimum absolute atomic E-state index is 0.542. The molecule has 84 valence electrons. The Balaban J connectivity index is 2.27. The van der Waals surface area contributed by atoms with Crippen molar-refractivity contribution in [3.8, 4) is 5.75 Å². The molecule has 0 spiro atoms. The largest absolute Gasteiger partial charge is 0.497 e. The van der Waals surface area contributed by atoms with E-state index in [2.05, 4.69) is 4.98 Å². The van der Waals surface area contributed by atoms with Crippen molar-refractivity contribution < 1.29 is 4.74 Å². The van der Waals surface area contributed by atoms with Crippen LogP contribution in [0.3, 0.4) is 0 Å². The second-order valence-corrected chi connectivity index (χ2v) is 3.70. The molecule has 16 heavy (non-hydrogen) atoms. The number of aryl methyl sites for hydroxylation is 1. The minimum atomic E-state index is 0.542. The van der Waals surface area contributed by atoms with E-state index in [0.29, 0.717) is 5.95 Å². The van der Waals surface area contributed by atoms with Crippen LogP contribution >= 0.6 is 0 Å². The molecule has 2 N–H and O–H groups in total. The van der Waals surface area contributed by atoms with Crippen LogP contribution in [-0.4, -0.2) is 16.7 Å². The Morgan fingerprint density at radius 2 is 2.25 bits per heavy atom. The first-order chi connectivity index (χ1) is 7.70. The van der Waals surface area contributed by atoms with Gasteiger partial charge in [0.05, 0.1) is 19.9 Å². The van der Waals surface area contributed by atoms with Gasteiger partial charge in [-0.1, -0.05) is 12.1 Å². The van der Waals surface area contributed by atoms with Gasteiger partial charge in [0.25, 0.3) is 0 Å². The number of nitrogens with two attached hydrogens (primary N) is 1. The Labute approximate surface area is 94.7 Å². The van der Waals surface area contributed by atoms with Gasteiger partial charge in [-0.3, -0.25) is 0 Å². The van der Waals surface area contributed by atoms with Gasteiger partial charge in [0, 0.05) is 5.69 Å². The Morgan fingerprint density at radius 1 is 1.44 bits per heavy atom. The van der Waals surface area contributed by atoms with Crippen molar-refractivity contribution in [1.29, 1.82) is 0 Å². The molecule has 1 heterocycles. The van der Waals surface area contributed by atoms with Crippen molar-refractivity contribution in [3.05, 3.63) is 41.7 Å². The van der Waals surface area contributed by atoms with E-state index in [-0.39, 0.29) is 0 Å². The highest BCUT2D eigenvalue weighted by molar-refractivity contribution is 5.31. The summed E-state index contributed by atoms with van der Waals surface area (Å²) in [6, 6.07) is 7.94. The summed E-state index contributed by atoms with van der Waals surface area (Å²) in [4.78, 5) is 4.06. The summed E-state index contributed by atoms with van der Waals surface area (Å²) in [7, 11) is 1.66. The first-order valence-electron chi connectivity index (χ1n) is 5.11. The molecular formula is C12H15N3O. The predicted octanol–water partition coefficient (Wildman–Crippen LogP) is 1.83. The lowest BCUT2D eigenvalue weighted by Gasteiger charge is -2.08. The van der Waals surface area contributed by atoms with Gasteiger partial charge in [-0.15, -0.1) is 0 Å². The number of hydrogen-bond acceptors (Lipinski definition) is 3. The van der Waals surface area contributed by atoms with Crippen LogP contribution in [0.4, 0.5) is 5.95 Å². The third kappa shape index (κ3) is 2.00. The zero-order valence-corrected chi connectivity index (χ0v) is 9.47. The molecule has 4 nitrogen and oxygen atoms in total. The number of methoxy groups -OCH3 is 1. The van der Waals surface area contributed by atoms with Crippen LogP contribution in [0.25, 0.3) is 0 Å². The maximum atomic E-state index is 5.78. The molecule has 4 heteroatoms. The third-order valence-electron chi connectivity index (χ3n) is 2.56. The van der Waals surface area contributed by atoms with Gasteiger partial charge in [0.1, 0.15) is 5.75 Å². The van der Waals surface area contributed by atoms with Crippen LogP contribution in [-0.2, 0) is 6.54 Å². The summed E-state index contributed by atoms with van der Waals surface area (Å²) in [6.07, 6.45) is 1.77. The second-order valence-electron chi connectivity index (χ2n) is 3.70. The van der Waals surface area contributed by atoms with Crippen molar-refractivity contribution in [2.24, 2.45) is 0 Å². The molecule has 0 aliphatic heterocycles. The molecule has 0 fully saturated rings. The smallest absolute Gasteiger partial charge is 0.200 e. The number of nitrogens with zero attached hydrogens (tertiary/aromatic N) is 2. The van der Waals surface area contributed by atoms with Gasteiger partial charge in [0.15, 0.2) is 0 Å². The molecule has 1 aromatic carbocycles. The summed E-state index contributed by atoms with van der Waals surface area (Å²) >= 11 is 0. The van der Waals surface area contributed by atoms with E-state index in [1.807, 2.05) is 35.8 Å². The number of imidazole rings is 1. The molecule has 0 unspecified atom stereocenters. The first kappa shape index (κ1) is 10.5. The second kappa shape index (κ2) is 4.26. The lowest BCUT2D eigenvalue weighted by Crippen LogP contribution is -2.06.